The molecule has 0 spiro atoms. The van der Waals surface area contributed by atoms with E-state index in [1.165, 1.54) is 9.87 Å². The molecular weight excluding hydrogens is 324 g/mol. The van der Waals surface area contributed by atoms with Crippen LogP contribution in [0.1, 0.15) is 11.1 Å². The monoisotopic (exact) mass is 349 g/mol. The van der Waals surface area contributed by atoms with Gasteiger partial charge in [-0.15, -0.1) is 0 Å². The van der Waals surface area contributed by atoms with E-state index in [-0.39, 0.29) is 0 Å². The molecule has 2 aromatic rings. The highest BCUT2D eigenvalue weighted by atomic mass is 32.2. The van der Waals surface area contributed by atoms with Gasteiger partial charge in [0.25, 0.3) is 0 Å². The molecule has 0 saturated heterocycles. The van der Waals surface area contributed by atoms with Gasteiger partial charge in [0.2, 0.25) is 10.0 Å². The smallest absolute Gasteiger partial charge is 0.242 e. The standard InChI is InChI=1S/C18H24N2O3S/c1-20(2)24(21,22)18-6-4-5-16(13-18)14-19-12-11-15-7-9-17(23-3)10-8-15/h4-10,13,19H,11-12,14H2,1-3H3/p+1. The summed E-state index contributed by atoms with van der Waals surface area (Å²) in [6.07, 6.45) is 0.958. The summed E-state index contributed by atoms with van der Waals surface area (Å²) >= 11 is 0. The van der Waals surface area contributed by atoms with Crippen molar-refractivity contribution >= 4 is 10.0 Å². The summed E-state index contributed by atoms with van der Waals surface area (Å²) in [5.74, 6) is 0.863. The lowest BCUT2D eigenvalue weighted by atomic mass is 10.1. The van der Waals surface area contributed by atoms with Crippen molar-refractivity contribution in [3.05, 3.63) is 59.7 Å². The van der Waals surface area contributed by atoms with Crippen molar-refractivity contribution in [3.8, 4) is 5.75 Å². The molecule has 0 aliphatic carbocycles. The fourth-order valence-electron chi connectivity index (χ4n) is 2.37. The van der Waals surface area contributed by atoms with Crippen molar-refractivity contribution in [2.45, 2.75) is 17.9 Å². The molecule has 0 aromatic heterocycles. The van der Waals surface area contributed by atoms with Gasteiger partial charge in [0.1, 0.15) is 12.3 Å². The fraction of sp³-hybridized carbons (Fsp3) is 0.333. The Kier molecular flexibility index (Phi) is 6.36. The average Bonchev–Trinajstić information content (AvgIpc) is 2.59. The fourth-order valence-corrected chi connectivity index (χ4v) is 3.35. The molecule has 0 atom stereocenters. The zero-order chi connectivity index (χ0) is 17.6. The predicted molar refractivity (Wildman–Crippen MR) is 94.5 cm³/mol. The van der Waals surface area contributed by atoms with Crippen LogP contribution in [0, 0.1) is 0 Å². The van der Waals surface area contributed by atoms with E-state index in [1.807, 2.05) is 18.2 Å². The van der Waals surface area contributed by atoms with Crippen LogP contribution >= 0.6 is 0 Å². The van der Waals surface area contributed by atoms with Crippen molar-refractivity contribution in [1.82, 2.24) is 4.31 Å². The summed E-state index contributed by atoms with van der Waals surface area (Å²) in [6, 6.07) is 15.2. The molecule has 0 aliphatic rings. The van der Waals surface area contributed by atoms with E-state index in [0.29, 0.717) is 4.90 Å². The Morgan fingerprint density at radius 2 is 1.75 bits per heavy atom. The molecule has 0 unspecified atom stereocenters. The SMILES string of the molecule is COc1ccc(CC[NH2+]Cc2cccc(S(=O)(=O)N(C)C)c2)cc1. The summed E-state index contributed by atoms with van der Waals surface area (Å²) in [5, 5.41) is 2.19. The van der Waals surface area contributed by atoms with Gasteiger partial charge in [0, 0.05) is 26.1 Å². The van der Waals surface area contributed by atoms with Gasteiger partial charge in [-0.05, 0) is 29.8 Å². The number of ether oxygens (including phenoxy) is 1. The third kappa shape index (κ3) is 4.80. The second-order valence-corrected chi connectivity index (χ2v) is 7.97. The van der Waals surface area contributed by atoms with E-state index >= 15 is 0 Å². The highest BCUT2D eigenvalue weighted by Gasteiger charge is 2.17. The van der Waals surface area contributed by atoms with Gasteiger partial charge in [0.15, 0.2) is 0 Å². The van der Waals surface area contributed by atoms with Gasteiger partial charge in [-0.25, -0.2) is 12.7 Å². The van der Waals surface area contributed by atoms with Gasteiger partial charge in [-0.3, -0.25) is 0 Å². The lowest BCUT2D eigenvalue weighted by Crippen LogP contribution is -2.83. The van der Waals surface area contributed by atoms with E-state index in [4.69, 9.17) is 4.74 Å². The Labute approximate surface area is 144 Å². The molecular formula is C18H25N2O3S+. The zero-order valence-electron chi connectivity index (χ0n) is 14.4. The Bertz CT molecular complexity index is 756. The highest BCUT2D eigenvalue weighted by molar-refractivity contribution is 7.89. The molecule has 2 N–H and O–H groups in total. The molecule has 2 aromatic carbocycles. The number of benzene rings is 2. The van der Waals surface area contributed by atoms with Crippen molar-refractivity contribution in [3.63, 3.8) is 0 Å². The largest absolute Gasteiger partial charge is 0.497 e. The van der Waals surface area contributed by atoms with Gasteiger partial charge in [-0.2, -0.15) is 0 Å². The summed E-state index contributed by atoms with van der Waals surface area (Å²) in [4.78, 5) is 0.341. The number of hydrogen-bond donors (Lipinski definition) is 1. The molecule has 5 nitrogen and oxygen atoms in total. The highest BCUT2D eigenvalue weighted by Crippen LogP contribution is 2.14. The van der Waals surface area contributed by atoms with E-state index in [2.05, 4.69) is 17.4 Å². The molecule has 2 rings (SSSR count). The van der Waals surface area contributed by atoms with E-state index in [9.17, 15) is 8.42 Å². The molecule has 0 fully saturated rings. The first-order chi connectivity index (χ1) is 11.4. The maximum Gasteiger partial charge on any atom is 0.242 e. The van der Waals surface area contributed by atoms with Crippen molar-refractivity contribution < 1.29 is 18.5 Å². The van der Waals surface area contributed by atoms with Crippen LogP contribution in [-0.2, 0) is 23.0 Å². The first kappa shape index (κ1) is 18.4. The molecule has 0 heterocycles. The number of sulfonamides is 1. The summed E-state index contributed by atoms with van der Waals surface area (Å²) in [7, 11) is 1.38. The van der Waals surface area contributed by atoms with Crippen LogP contribution in [0.5, 0.6) is 5.75 Å². The van der Waals surface area contributed by atoms with Gasteiger partial charge >= 0.3 is 0 Å². The molecule has 0 amide bonds. The lowest BCUT2D eigenvalue weighted by molar-refractivity contribution is -0.670. The van der Waals surface area contributed by atoms with Crippen LogP contribution in [0.3, 0.4) is 0 Å². The first-order valence-electron chi connectivity index (χ1n) is 7.89. The molecule has 130 valence electrons. The Morgan fingerprint density at radius 1 is 1.04 bits per heavy atom. The molecule has 0 saturated carbocycles. The molecule has 0 bridgehead atoms. The van der Waals surface area contributed by atoms with Crippen LogP contribution in [0.25, 0.3) is 0 Å². The number of nitrogens with zero attached hydrogens (tertiary/aromatic N) is 1. The topological polar surface area (TPSA) is 63.2 Å². The number of quaternary nitrogens is 1. The quantitative estimate of drug-likeness (QED) is 0.730. The van der Waals surface area contributed by atoms with Gasteiger partial charge in [0.05, 0.1) is 18.6 Å². The molecule has 24 heavy (non-hydrogen) atoms. The number of rotatable bonds is 8. The maximum absolute atomic E-state index is 12.2. The van der Waals surface area contributed by atoms with Crippen LogP contribution in [0.4, 0.5) is 0 Å². The van der Waals surface area contributed by atoms with Gasteiger partial charge in [-0.1, -0.05) is 24.3 Å². The Morgan fingerprint density at radius 3 is 2.38 bits per heavy atom. The van der Waals surface area contributed by atoms with Gasteiger partial charge < -0.3 is 10.1 Å². The number of hydrogen-bond acceptors (Lipinski definition) is 3. The second kappa shape index (κ2) is 8.28. The number of methoxy groups -OCH3 is 1. The first-order valence-corrected chi connectivity index (χ1v) is 9.33. The minimum Gasteiger partial charge on any atom is -0.497 e. The summed E-state index contributed by atoms with van der Waals surface area (Å²) in [5.41, 5.74) is 2.27. The minimum absolute atomic E-state index is 0.341. The summed E-state index contributed by atoms with van der Waals surface area (Å²) in [6.45, 7) is 1.70. The normalized spacial score (nSPS) is 11.7. The Hall–Kier alpha value is -1.89. The molecule has 0 radical (unpaired) electrons. The molecule has 6 heteroatoms. The van der Waals surface area contributed by atoms with E-state index in [0.717, 1.165) is 30.8 Å². The Balaban J connectivity index is 1.88. The second-order valence-electron chi connectivity index (χ2n) is 5.81. The third-order valence-corrected chi connectivity index (χ3v) is 5.66. The van der Waals surface area contributed by atoms with E-state index in [1.54, 1.807) is 39.4 Å². The predicted octanol–water partition coefficient (Wildman–Crippen LogP) is 1.25. The average molecular weight is 349 g/mol. The lowest BCUT2D eigenvalue weighted by Gasteiger charge is -2.12. The third-order valence-electron chi connectivity index (χ3n) is 3.85. The minimum atomic E-state index is -3.37. The van der Waals surface area contributed by atoms with E-state index < -0.39 is 10.0 Å². The van der Waals surface area contributed by atoms with Crippen molar-refractivity contribution in [2.24, 2.45) is 0 Å². The maximum atomic E-state index is 12.2. The molecule has 0 aliphatic heterocycles. The van der Waals surface area contributed by atoms with Crippen molar-refractivity contribution in [2.75, 3.05) is 27.7 Å². The summed E-state index contributed by atoms with van der Waals surface area (Å²) < 4.78 is 30.7. The van der Waals surface area contributed by atoms with Crippen molar-refractivity contribution in [1.29, 1.82) is 0 Å². The van der Waals surface area contributed by atoms with Crippen LogP contribution in [0.15, 0.2) is 53.4 Å². The van der Waals surface area contributed by atoms with Crippen LogP contribution in [-0.4, -0.2) is 40.5 Å². The number of nitrogens with two attached hydrogens (primary N) is 1. The van der Waals surface area contributed by atoms with Crippen LogP contribution < -0.4 is 10.1 Å². The zero-order valence-corrected chi connectivity index (χ0v) is 15.2. The van der Waals surface area contributed by atoms with Crippen LogP contribution in [0.2, 0.25) is 0 Å².